The highest BCUT2D eigenvalue weighted by atomic mass is 35.5. The maximum Gasteiger partial charge on any atom is 0.252 e. The minimum absolute atomic E-state index is 0.0312. The number of hydrogen-bond donors (Lipinski definition) is 1. The first-order valence-corrected chi connectivity index (χ1v) is 6.08. The summed E-state index contributed by atoms with van der Waals surface area (Å²) < 4.78 is 0. The van der Waals surface area contributed by atoms with Crippen LogP contribution in [-0.4, -0.2) is 23.9 Å². The summed E-state index contributed by atoms with van der Waals surface area (Å²) in [5.74, 6) is -0.300. The highest BCUT2D eigenvalue weighted by Crippen LogP contribution is 2.27. The van der Waals surface area contributed by atoms with Crippen molar-refractivity contribution in [1.29, 1.82) is 0 Å². The second-order valence-electron chi connectivity index (χ2n) is 5.00. The van der Waals surface area contributed by atoms with Crippen molar-refractivity contribution in [3.63, 3.8) is 0 Å². The minimum Gasteiger partial charge on any atom is -0.341 e. The lowest BCUT2D eigenvalue weighted by Gasteiger charge is -2.38. The van der Waals surface area contributed by atoms with Gasteiger partial charge in [0.15, 0.2) is 0 Å². The van der Waals surface area contributed by atoms with Crippen molar-refractivity contribution in [2.45, 2.75) is 26.3 Å². The Morgan fingerprint density at radius 2 is 2.00 bits per heavy atom. The van der Waals surface area contributed by atoms with E-state index < -0.39 is 5.54 Å². The first-order valence-electron chi connectivity index (χ1n) is 5.70. The Kier molecular flexibility index (Phi) is 3.07. The van der Waals surface area contributed by atoms with Crippen LogP contribution in [0.5, 0.6) is 0 Å². The Labute approximate surface area is 111 Å². The summed E-state index contributed by atoms with van der Waals surface area (Å²) >= 11 is 5.95. The predicted octanol–water partition coefficient (Wildman–Crippen LogP) is 1.89. The maximum atomic E-state index is 12.3. The Balaban J connectivity index is 2.46. The number of hydrogen-bond acceptors (Lipinski definition) is 2. The fourth-order valence-electron chi connectivity index (χ4n) is 2.06. The van der Waals surface area contributed by atoms with E-state index in [0.29, 0.717) is 10.7 Å². The highest BCUT2D eigenvalue weighted by molar-refractivity contribution is 6.31. The van der Waals surface area contributed by atoms with Crippen LogP contribution < -0.4 is 10.2 Å². The van der Waals surface area contributed by atoms with Crippen molar-refractivity contribution in [3.05, 3.63) is 28.8 Å². The van der Waals surface area contributed by atoms with Crippen molar-refractivity contribution in [2.24, 2.45) is 0 Å². The zero-order valence-electron chi connectivity index (χ0n) is 10.6. The summed E-state index contributed by atoms with van der Waals surface area (Å²) in [5, 5.41) is 3.22. The smallest absolute Gasteiger partial charge is 0.252 e. The number of aryl methyl sites for hydroxylation is 1. The molecule has 1 aliphatic heterocycles. The molecule has 0 bridgehead atoms. The van der Waals surface area contributed by atoms with Crippen molar-refractivity contribution in [3.8, 4) is 0 Å². The minimum atomic E-state index is -0.885. The Morgan fingerprint density at radius 1 is 1.33 bits per heavy atom. The third kappa shape index (κ3) is 2.20. The van der Waals surface area contributed by atoms with Crippen LogP contribution in [0.25, 0.3) is 0 Å². The van der Waals surface area contributed by atoms with Crippen LogP contribution in [0.1, 0.15) is 19.4 Å². The molecule has 0 saturated carbocycles. The molecule has 0 radical (unpaired) electrons. The number of nitrogens with zero attached hydrogens (tertiary/aromatic N) is 1. The lowest BCUT2D eigenvalue weighted by Crippen LogP contribution is -2.64. The lowest BCUT2D eigenvalue weighted by atomic mass is 9.99. The Morgan fingerprint density at radius 3 is 2.67 bits per heavy atom. The van der Waals surface area contributed by atoms with E-state index >= 15 is 0 Å². The summed E-state index contributed by atoms with van der Waals surface area (Å²) in [6.07, 6.45) is 0. The molecule has 0 aromatic heterocycles. The molecular formula is C13H15ClN2O2. The lowest BCUT2D eigenvalue weighted by molar-refractivity contribution is -0.134. The number of amides is 2. The SMILES string of the molecule is Cc1ccc(Cl)cc1N1CC(=O)NC(C)(C)C1=O. The van der Waals surface area contributed by atoms with E-state index in [-0.39, 0.29) is 18.4 Å². The number of carbonyl (C=O) groups excluding carboxylic acids is 2. The summed E-state index contributed by atoms with van der Waals surface area (Å²) in [5.41, 5.74) is 0.720. The molecule has 2 rings (SSSR count). The molecule has 1 N–H and O–H groups in total. The third-order valence-corrected chi connectivity index (χ3v) is 3.23. The molecule has 18 heavy (non-hydrogen) atoms. The molecule has 0 unspecified atom stereocenters. The third-order valence-electron chi connectivity index (χ3n) is 3.00. The largest absolute Gasteiger partial charge is 0.341 e. The monoisotopic (exact) mass is 266 g/mol. The molecule has 0 atom stereocenters. The molecule has 1 aromatic rings. The predicted molar refractivity (Wildman–Crippen MR) is 70.8 cm³/mol. The molecule has 1 aliphatic rings. The van der Waals surface area contributed by atoms with Crippen LogP contribution >= 0.6 is 11.6 Å². The highest BCUT2D eigenvalue weighted by Gasteiger charge is 2.40. The van der Waals surface area contributed by atoms with Crippen molar-refractivity contribution in [1.82, 2.24) is 5.32 Å². The van der Waals surface area contributed by atoms with Crippen molar-refractivity contribution < 1.29 is 9.59 Å². The van der Waals surface area contributed by atoms with Gasteiger partial charge in [-0.2, -0.15) is 0 Å². The molecule has 4 nitrogen and oxygen atoms in total. The number of nitrogens with one attached hydrogen (secondary N) is 1. The van der Waals surface area contributed by atoms with Crippen LogP contribution in [0, 0.1) is 6.92 Å². The quantitative estimate of drug-likeness (QED) is 0.844. The molecule has 96 valence electrons. The fraction of sp³-hybridized carbons (Fsp3) is 0.385. The molecule has 1 heterocycles. The zero-order chi connectivity index (χ0) is 13.5. The molecular weight excluding hydrogens is 252 g/mol. The van der Waals surface area contributed by atoms with Gasteiger partial charge in [-0.15, -0.1) is 0 Å². The summed E-state index contributed by atoms with van der Waals surface area (Å²) in [6, 6.07) is 5.31. The van der Waals surface area contributed by atoms with Gasteiger partial charge in [-0.05, 0) is 38.5 Å². The van der Waals surface area contributed by atoms with Gasteiger partial charge < -0.3 is 10.2 Å². The standard InChI is InChI=1S/C13H15ClN2O2/c1-8-4-5-9(14)6-10(8)16-7-11(17)15-13(2,3)12(16)18/h4-6H,7H2,1-3H3,(H,15,17). The van der Waals surface area contributed by atoms with Crippen LogP contribution in [0.4, 0.5) is 5.69 Å². The van der Waals surface area contributed by atoms with Crippen molar-refractivity contribution in [2.75, 3.05) is 11.4 Å². The van der Waals surface area contributed by atoms with Gasteiger partial charge >= 0.3 is 0 Å². The van der Waals surface area contributed by atoms with E-state index in [1.165, 1.54) is 4.90 Å². The van der Waals surface area contributed by atoms with Crippen LogP contribution in [0.2, 0.25) is 5.02 Å². The van der Waals surface area contributed by atoms with Crippen LogP contribution in [0.15, 0.2) is 18.2 Å². The second-order valence-corrected chi connectivity index (χ2v) is 5.43. The van der Waals surface area contributed by atoms with E-state index in [1.54, 1.807) is 26.0 Å². The number of anilines is 1. The van der Waals surface area contributed by atoms with E-state index in [4.69, 9.17) is 11.6 Å². The number of carbonyl (C=O) groups is 2. The van der Waals surface area contributed by atoms with Gasteiger partial charge in [0.1, 0.15) is 12.1 Å². The normalized spacial score (nSPS) is 18.8. The molecule has 1 saturated heterocycles. The average Bonchev–Trinajstić information content (AvgIpc) is 2.26. The zero-order valence-corrected chi connectivity index (χ0v) is 11.3. The van der Waals surface area contributed by atoms with E-state index in [2.05, 4.69) is 5.32 Å². The Hall–Kier alpha value is -1.55. The van der Waals surface area contributed by atoms with E-state index in [0.717, 1.165) is 5.56 Å². The topological polar surface area (TPSA) is 49.4 Å². The summed E-state index contributed by atoms with van der Waals surface area (Å²) in [4.78, 5) is 25.5. The average molecular weight is 267 g/mol. The van der Waals surface area contributed by atoms with Gasteiger partial charge in [-0.25, -0.2) is 0 Å². The van der Waals surface area contributed by atoms with Gasteiger partial charge in [0, 0.05) is 10.7 Å². The molecule has 1 fully saturated rings. The molecule has 0 aliphatic carbocycles. The number of rotatable bonds is 1. The van der Waals surface area contributed by atoms with E-state index in [1.807, 2.05) is 13.0 Å². The maximum absolute atomic E-state index is 12.3. The first kappa shape index (κ1) is 12.9. The molecule has 5 heteroatoms. The van der Waals surface area contributed by atoms with Gasteiger partial charge in [-0.1, -0.05) is 17.7 Å². The Bertz CT molecular complexity index is 526. The van der Waals surface area contributed by atoms with Gasteiger partial charge in [0.25, 0.3) is 5.91 Å². The van der Waals surface area contributed by atoms with Crippen LogP contribution in [0.3, 0.4) is 0 Å². The van der Waals surface area contributed by atoms with Crippen LogP contribution in [-0.2, 0) is 9.59 Å². The molecule has 0 spiro atoms. The second kappa shape index (κ2) is 4.28. The summed E-state index contributed by atoms with van der Waals surface area (Å²) in [6.45, 7) is 5.31. The van der Waals surface area contributed by atoms with Crippen molar-refractivity contribution >= 4 is 29.1 Å². The van der Waals surface area contributed by atoms with Gasteiger partial charge in [0.2, 0.25) is 5.91 Å². The molecule has 1 aromatic carbocycles. The number of halogens is 1. The first-order chi connectivity index (χ1) is 8.31. The summed E-state index contributed by atoms with van der Waals surface area (Å²) in [7, 11) is 0. The molecule has 2 amide bonds. The van der Waals surface area contributed by atoms with Gasteiger partial charge in [0.05, 0.1) is 0 Å². The number of benzene rings is 1. The fourth-order valence-corrected chi connectivity index (χ4v) is 2.23. The number of piperazine rings is 1. The van der Waals surface area contributed by atoms with E-state index in [9.17, 15) is 9.59 Å². The van der Waals surface area contributed by atoms with Gasteiger partial charge in [-0.3, -0.25) is 9.59 Å².